The topological polar surface area (TPSA) is 107 Å². The van der Waals surface area contributed by atoms with Gasteiger partial charge in [0, 0.05) is 37.1 Å². The number of amides is 2. The SMILES string of the molecule is CC(=O)N(C(C)=O)c1oc(-c2ccc([N+](=O)[O-])cc2)nc1-c1ccccc1. The number of rotatable bonds is 4. The molecule has 0 fully saturated rings. The van der Waals surface area contributed by atoms with Gasteiger partial charge in [0.05, 0.1) is 4.92 Å². The molecule has 0 spiro atoms. The fourth-order valence-corrected chi connectivity index (χ4v) is 2.60. The van der Waals surface area contributed by atoms with Gasteiger partial charge in [-0.25, -0.2) is 9.88 Å². The van der Waals surface area contributed by atoms with Crippen LogP contribution in [0.1, 0.15) is 13.8 Å². The number of nitro benzene ring substituents is 1. The summed E-state index contributed by atoms with van der Waals surface area (Å²) in [6.45, 7) is 2.51. The van der Waals surface area contributed by atoms with Crippen LogP contribution in [0.4, 0.5) is 11.6 Å². The minimum absolute atomic E-state index is 0.00885. The van der Waals surface area contributed by atoms with Gasteiger partial charge in [-0.05, 0) is 12.1 Å². The van der Waals surface area contributed by atoms with E-state index < -0.39 is 16.7 Å². The zero-order chi connectivity index (χ0) is 19.6. The first-order valence-corrected chi connectivity index (χ1v) is 8.01. The number of aromatic nitrogens is 1. The summed E-state index contributed by atoms with van der Waals surface area (Å²) in [4.78, 5) is 39.6. The molecule has 136 valence electrons. The Bertz CT molecular complexity index is 996. The molecule has 27 heavy (non-hydrogen) atoms. The van der Waals surface area contributed by atoms with Gasteiger partial charge in [-0.15, -0.1) is 0 Å². The summed E-state index contributed by atoms with van der Waals surface area (Å²) in [6.07, 6.45) is 0. The molecule has 0 aliphatic heterocycles. The standard InChI is InChI=1S/C19H15N3O5/c1-12(23)21(13(2)24)19-17(14-6-4-3-5-7-14)20-18(27-19)15-8-10-16(11-9-15)22(25)26/h3-11H,1-2H3. The Morgan fingerprint density at radius 1 is 0.963 bits per heavy atom. The second-order valence-corrected chi connectivity index (χ2v) is 5.72. The highest BCUT2D eigenvalue weighted by atomic mass is 16.6. The number of oxazole rings is 1. The van der Waals surface area contributed by atoms with Crippen molar-refractivity contribution < 1.29 is 18.9 Å². The molecule has 0 N–H and O–H groups in total. The first-order chi connectivity index (χ1) is 12.9. The van der Waals surface area contributed by atoms with Crippen LogP contribution in [0.15, 0.2) is 59.0 Å². The lowest BCUT2D eigenvalue weighted by atomic mass is 10.1. The van der Waals surface area contributed by atoms with E-state index in [4.69, 9.17) is 4.42 Å². The maximum absolute atomic E-state index is 12.0. The zero-order valence-corrected chi connectivity index (χ0v) is 14.6. The second kappa shape index (κ2) is 7.20. The van der Waals surface area contributed by atoms with E-state index in [-0.39, 0.29) is 17.5 Å². The molecule has 8 heteroatoms. The number of hydrogen-bond acceptors (Lipinski definition) is 6. The predicted molar refractivity (Wildman–Crippen MR) is 97.9 cm³/mol. The van der Waals surface area contributed by atoms with Crippen LogP contribution in [0.3, 0.4) is 0 Å². The van der Waals surface area contributed by atoms with Crippen molar-refractivity contribution in [3.8, 4) is 22.7 Å². The number of carbonyl (C=O) groups is 2. The summed E-state index contributed by atoms with van der Waals surface area (Å²) in [7, 11) is 0. The quantitative estimate of drug-likeness (QED) is 0.514. The lowest BCUT2D eigenvalue weighted by molar-refractivity contribution is -0.384. The molecule has 0 saturated carbocycles. The lowest BCUT2D eigenvalue weighted by Crippen LogP contribution is -2.33. The third-order valence-corrected chi connectivity index (χ3v) is 3.81. The number of non-ortho nitro benzene ring substituents is 1. The van der Waals surface area contributed by atoms with Crippen molar-refractivity contribution >= 4 is 23.4 Å². The fourth-order valence-electron chi connectivity index (χ4n) is 2.60. The van der Waals surface area contributed by atoms with Crippen LogP contribution in [-0.2, 0) is 9.59 Å². The van der Waals surface area contributed by atoms with Gasteiger partial charge in [0.2, 0.25) is 23.6 Å². The minimum Gasteiger partial charge on any atom is -0.419 e. The lowest BCUT2D eigenvalue weighted by Gasteiger charge is -2.14. The van der Waals surface area contributed by atoms with Crippen LogP contribution in [0.5, 0.6) is 0 Å². The van der Waals surface area contributed by atoms with Crippen LogP contribution >= 0.6 is 0 Å². The summed E-state index contributed by atoms with van der Waals surface area (Å²) in [5.74, 6) is -0.863. The van der Waals surface area contributed by atoms with E-state index in [1.807, 2.05) is 6.07 Å². The minimum atomic E-state index is -0.508. The molecule has 0 aliphatic rings. The first-order valence-electron chi connectivity index (χ1n) is 8.01. The van der Waals surface area contributed by atoms with E-state index in [2.05, 4.69) is 4.98 Å². The van der Waals surface area contributed by atoms with Crippen molar-refractivity contribution in [2.75, 3.05) is 4.90 Å². The van der Waals surface area contributed by atoms with E-state index in [1.54, 1.807) is 24.3 Å². The molecular formula is C19H15N3O5. The summed E-state index contributed by atoms with van der Waals surface area (Å²) in [6, 6.07) is 14.6. The number of nitro groups is 1. The number of benzene rings is 2. The number of hydrogen-bond donors (Lipinski definition) is 0. The van der Waals surface area contributed by atoms with Crippen LogP contribution in [0.25, 0.3) is 22.7 Å². The molecule has 2 aromatic carbocycles. The molecule has 0 saturated heterocycles. The van der Waals surface area contributed by atoms with Crippen molar-refractivity contribution in [2.24, 2.45) is 0 Å². The Morgan fingerprint density at radius 2 is 1.56 bits per heavy atom. The van der Waals surface area contributed by atoms with Crippen molar-refractivity contribution in [3.05, 3.63) is 64.7 Å². The third kappa shape index (κ3) is 3.59. The molecule has 0 radical (unpaired) electrons. The van der Waals surface area contributed by atoms with E-state index in [9.17, 15) is 19.7 Å². The van der Waals surface area contributed by atoms with Crippen molar-refractivity contribution in [1.29, 1.82) is 0 Å². The Balaban J connectivity index is 2.16. The van der Waals surface area contributed by atoms with Gasteiger partial charge in [0.1, 0.15) is 5.69 Å². The molecule has 1 heterocycles. The van der Waals surface area contributed by atoms with Gasteiger partial charge < -0.3 is 4.42 Å². The Hall–Kier alpha value is -3.81. The molecule has 2 amide bonds. The molecule has 3 aromatic rings. The second-order valence-electron chi connectivity index (χ2n) is 5.72. The average molecular weight is 365 g/mol. The van der Waals surface area contributed by atoms with Crippen molar-refractivity contribution in [3.63, 3.8) is 0 Å². The third-order valence-electron chi connectivity index (χ3n) is 3.81. The van der Waals surface area contributed by atoms with Gasteiger partial charge in [-0.1, -0.05) is 30.3 Å². The van der Waals surface area contributed by atoms with Crippen LogP contribution in [-0.4, -0.2) is 21.7 Å². The first kappa shape index (κ1) is 18.0. The highest BCUT2D eigenvalue weighted by molar-refractivity contribution is 6.13. The molecule has 0 aliphatic carbocycles. The van der Waals surface area contributed by atoms with E-state index in [0.29, 0.717) is 16.8 Å². The fraction of sp³-hybridized carbons (Fsp3) is 0.105. The van der Waals surface area contributed by atoms with Crippen molar-refractivity contribution in [2.45, 2.75) is 13.8 Å². The van der Waals surface area contributed by atoms with E-state index in [1.165, 1.54) is 38.1 Å². The summed E-state index contributed by atoms with van der Waals surface area (Å²) >= 11 is 0. The van der Waals surface area contributed by atoms with Crippen LogP contribution in [0.2, 0.25) is 0 Å². The number of anilines is 1. The Labute approximate surface area is 154 Å². The van der Waals surface area contributed by atoms with Gasteiger partial charge in [-0.2, -0.15) is 0 Å². The van der Waals surface area contributed by atoms with Gasteiger partial charge in [0.15, 0.2) is 0 Å². The molecule has 0 unspecified atom stereocenters. The highest BCUT2D eigenvalue weighted by Gasteiger charge is 2.27. The maximum Gasteiger partial charge on any atom is 0.269 e. The zero-order valence-electron chi connectivity index (χ0n) is 14.6. The molecule has 0 atom stereocenters. The van der Waals surface area contributed by atoms with E-state index in [0.717, 1.165) is 4.90 Å². The molecule has 8 nitrogen and oxygen atoms in total. The Kier molecular flexibility index (Phi) is 4.80. The number of nitrogens with zero attached hydrogens (tertiary/aromatic N) is 3. The van der Waals surface area contributed by atoms with Crippen LogP contribution < -0.4 is 4.90 Å². The predicted octanol–water partition coefficient (Wildman–Crippen LogP) is 3.82. The largest absolute Gasteiger partial charge is 0.419 e. The molecule has 1 aromatic heterocycles. The smallest absolute Gasteiger partial charge is 0.269 e. The summed E-state index contributed by atoms with van der Waals surface area (Å²) in [5, 5.41) is 10.8. The molecule has 0 bridgehead atoms. The van der Waals surface area contributed by atoms with Gasteiger partial charge >= 0.3 is 0 Å². The molecular weight excluding hydrogens is 350 g/mol. The van der Waals surface area contributed by atoms with Crippen molar-refractivity contribution in [1.82, 2.24) is 4.98 Å². The van der Waals surface area contributed by atoms with Gasteiger partial charge in [-0.3, -0.25) is 19.7 Å². The monoisotopic (exact) mass is 365 g/mol. The number of carbonyl (C=O) groups excluding carboxylic acids is 2. The highest BCUT2D eigenvalue weighted by Crippen LogP contribution is 2.35. The maximum atomic E-state index is 12.0. The van der Waals surface area contributed by atoms with Gasteiger partial charge in [0.25, 0.3) is 5.69 Å². The number of imide groups is 1. The summed E-state index contributed by atoms with van der Waals surface area (Å²) < 4.78 is 5.74. The average Bonchev–Trinajstić information content (AvgIpc) is 3.06. The Morgan fingerprint density at radius 3 is 2.07 bits per heavy atom. The van der Waals surface area contributed by atoms with E-state index >= 15 is 0 Å². The molecule has 3 rings (SSSR count). The van der Waals surface area contributed by atoms with Crippen LogP contribution in [0, 0.1) is 10.1 Å². The normalized spacial score (nSPS) is 10.4. The summed E-state index contributed by atoms with van der Waals surface area (Å²) in [5.41, 5.74) is 1.41.